The minimum atomic E-state index is 0.207. The van der Waals surface area contributed by atoms with Gasteiger partial charge in [-0.1, -0.05) is 34.6 Å². The first-order valence-electron chi connectivity index (χ1n) is 6.35. The third-order valence-electron chi connectivity index (χ3n) is 2.37. The van der Waals surface area contributed by atoms with Gasteiger partial charge in [-0.25, -0.2) is 0 Å². The first kappa shape index (κ1) is 16.0. The second-order valence-electron chi connectivity index (χ2n) is 4.92. The van der Waals surface area contributed by atoms with Gasteiger partial charge in [0, 0.05) is 24.8 Å². The first-order chi connectivity index (χ1) is 7.47. The highest BCUT2D eigenvalue weighted by Crippen LogP contribution is 2.21. The normalized spacial score (nSPS) is 13.4. The summed E-state index contributed by atoms with van der Waals surface area (Å²) in [6, 6.07) is 0.533. The van der Waals surface area contributed by atoms with E-state index in [1.54, 1.807) is 0 Å². The van der Waals surface area contributed by atoms with Crippen molar-refractivity contribution in [1.82, 2.24) is 5.32 Å². The number of rotatable bonds is 9. The van der Waals surface area contributed by atoms with Crippen LogP contribution in [0.4, 0.5) is 0 Å². The predicted octanol–water partition coefficient (Wildman–Crippen LogP) is 3.11. The fourth-order valence-corrected chi connectivity index (χ4v) is 2.89. The molecule has 0 aromatic rings. The van der Waals surface area contributed by atoms with E-state index in [4.69, 9.17) is 0 Å². The number of Topliss-reactive ketones (excluding diaryl/α,β-unsaturated/α-hetero) is 1. The maximum atomic E-state index is 11.7. The lowest BCUT2D eigenvalue weighted by atomic mass is 10.0. The number of hydrogen-bond donors (Lipinski definition) is 1. The van der Waals surface area contributed by atoms with E-state index >= 15 is 0 Å². The van der Waals surface area contributed by atoms with Crippen LogP contribution in [-0.2, 0) is 4.79 Å². The molecule has 1 N–H and O–H groups in total. The first-order valence-corrected chi connectivity index (χ1v) is 7.39. The van der Waals surface area contributed by atoms with E-state index in [1.807, 2.05) is 18.7 Å². The Morgan fingerprint density at radius 1 is 1.25 bits per heavy atom. The zero-order valence-corrected chi connectivity index (χ0v) is 12.2. The van der Waals surface area contributed by atoms with Crippen LogP contribution in [0.25, 0.3) is 0 Å². The van der Waals surface area contributed by atoms with Crippen LogP contribution in [-0.4, -0.2) is 29.4 Å². The molecule has 3 heteroatoms. The van der Waals surface area contributed by atoms with Crippen molar-refractivity contribution in [3.63, 3.8) is 0 Å². The molecule has 0 aromatic heterocycles. The Labute approximate surface area is 105 Å². The lowest BCUT2D eigenvalue weighted by Gasteiger charge is -2.17. The summed E-state index contributed by atoms with van der Waals surface area (Å²) in [5.74, 6) is 2.04. The molecule has 0 fully saturated rings. The van der Waals surface area contributed by atoms with Crippen LogP contribution < -0.4 is 5.32 Å². The van der Waals surface area contributed by atoms with Gasteiger partial charge in [0.1, 0.15) is 5.78 Å². The zero-order chi connectivity index (χ0) is 12.6. The summed E-state index contributed by atoms with van der Waals surface area (Å²) < 4.78 is 0. The van der Waals surface area contributed by atoms with Crippen LogP contribution in [0, 0.1) is 5.92 Å². The molecule has 96 valence electrons. The molecule has 0 aromatic carbocycles. The van der Waals surface area contributed by atoms with Crippen LogP contribution in [0.1, 0.15) is 47.5 Å². The monoisotopic (exact) mass is 245 g/mol. The Bertz CT molecular complexity index is 192. The molecular formula is C13H27NOS. The molecule has 0 aliphatic rings. The highest BCUT2D eigenvalue weighted by Gasteiger charge is 2.18. The summed E-state index contributed by atoms with van der Waals surface area (Å²) in [7, 11) is 0. The number of carbonyl (C=O) groups excluding carboxylic acids is 1. The highest BCUT2D eigenvalue weighted by molar-refractivity contribution is 8.00. The Balaban J connectivity index is 3.88. The average molecular weight is 245 g/mol. The topological polar surface area (TPSA) is 29.1 Å². The van der Waals surface area contributed by atoms with Crippen molar-refractivity contribution >= 4 is 17.5 Å². The molecular weight excluding hydrogens is 218 g/mol. The Hall–Kier alpha value is -0.0200. The second-order valence-corrected chi connectivity index (χ2v) is 6.23. The SMILES string of the molecule is CCC(=O)C(CC(C)C)SCCNC(C)C. The van der Waals surface area contributed by atoms with Gasteiger partial charge in [0.25, 0.3) is 0 Å². The van der Waals surface area contributed by atoms with Crippen LogP contribution in [0.5, 0.6) is 0 Å². The summed E-state index contributed by atoms with van der Waals surface area (Å²) in [6.07, 6.45) is 1.68. The predicted molar refractivity (Wildman–Crippen MR) is 74.1 cm³/mol. The molecule has 0 rings (SSSR count). The van der Waals surface area contributed by atoms with Gasteiger partial charge in [-0.15, -0.1) is 11.8 Å². The van der Waals surface area contributed by atoms with Crippen molar-refractivity contribution in [3.8, 4) is 0 Å². The molecule has 0 aliphatic heterocycles. The maximum Gasteiger partial charge on any atom is 0.145 e. The molecule has 0 spiro atoms. The second kappa shape index (κ2) is 9.06. The number of carbonyl (C=O) groups is 1. The Morgan fingerprint density at radius 2 is 1.88 bits per heavy atom. The average Bonchev–Trinajstić information content (AvgIpc) is 2.20. The van der Waals surface area contributed by atoms with Crippen molar-refractivity contribution in [1.29, 1.82) is 0 Å². The van der Waals surface area contributed by atoms with Crippen LogP contribution in [0.15, 0.2) is 0 Å². The van der Waals surface area contributed by atoms with E-state index in [0.717, 1.165) is 18.7 Å². The fraction of sp³-hybridized carbons (Fsp3) is 0.923. The molecule has 0 saturated heterocycles. The number of ketones is 1. The number of nitrogens with one attached hydrogen (secondary N) is 1. The third-order valence-corrected chi connectivity index (χ3v) is 3.66. The van der Waals surface area contributed by atoms with Crippen molar-refractivity contribution in [2.24, 2.45) is 5.92 Å². The quantitative estimate of drug-likeness (QED) is 0.633. The molecule has 0 heterocycles. The van der Waals surface area contributed by atoms with Gasteiger partial charge in [-0.3, -0.25) is 4.79 Å². The largest absolute Gasteiger partial charge is 0.314 e. The fourth-order valence-electron chi connectivity index (χ4n) is 1.50. The molecule has 2 nitrogen and oxygen atoms in total. The minimum absolute atomic E-state index is 0.207. The summed E-state index contributed by atoms with van der Waals surface area (Å²) in [5.41, 5.74) is 0. The van der Waals surface area contributed by atoms with E-state index in [-0.39, 0.29) is 5.25 Å². The van der Waals surface area contributed by atoms with E-state index in [9.17, 15) is 4.79 Å². The van der Waals surface area contributed by atoms with E-state index < -0.39 is 0 Å². The molecule has 1 atom stereocenters. The summed E-state index contributed by atoms with van der Waals surface area (Å²) in [4.78, 5) is 11.7. The molecule has 0 aliphatic carbocycles. The van der Waals surface area contributed by atoms with Crippen molar-refractivity contribution in [3.05, 3.63) is 0 Å². The molecule has 0 amide bonds. The van der Waals surface area contributed by atoms with Crippen LogP contribution in [0.3, 0.4) is 0 Å². The summed E-state index contributed by atoms with van der Waals surface area (Å²) in [5, 5.41) is 3.59. The van der Waals surface area contributed by atoms with Crippen molar-refractivity contribution in [2.45, 2.75) is 58.8 Å². The highest BCUT2D eigenvalue weighted by atomic mass is 32.2. The molecule has 16 heavy (non-hydrogen) atoms. The van der Waals surface area contributed by atoms with Crippen molar-refractivity contribution < 1.29 is 4.79 Å². The van der Waals surface area contributed by atoms with Gasteiger partial charge in [-0.05, 0) is 12.3 Å². The lowest BCUT2D eigenvalue weighted by Crippen LogP contribution is -2.27. The van der Waals surface area contributed by atoms with Gasteiger partial charge in [0.2, 0.25) is 0 Å². The van der Waals surface area contributed by atoms with Gasteiger partial charge < -0.3 is 5.32 Å². The van der Waals surface area contributed by atoms with E-state index in [0.29, 0.717) is 24.2 Å². The zero-order valence-electron chi connectivity index (χ0n) is 11.4. The Morgan fingerprint density at radius 3 is 2.31 bits per heavy atom. The number of hydrogen-bond acceptors (Lipinski definition) is 3. The third kappa shape index (κ3) is 8.17. The lowest BCUT2D eigenvalue weighted by molar-refractivity contribution is -0.118. The number of thioether (sulfide) groups is 1. The Kier molecular flexibility index (Phi) is 9.04. The van der Waals surface area contributed by atoms with Crippen molar-refractivity contribution in [2.75, 3.05) is 12.3 Å². The molecule has 1 unspecified atom stereocenters. The molecule has 0 bridgehead atoms. The standard InChI is InChI=1S/C13H27NOS/c1-6-12(15)13(9-10(2)3)16-8-7-14-11(4)5/h10-11,13-14H,6-9H2,1-5H3. The molecule has 0 radical (unpaired) electrons. The minimum Gasteiger partial charge on any atom is -0.314 e. The van der Waals surface area contributed by atoms with Gasteiger partial charge >= 0.3 is 0 Å². The van der Waals surface area contributed by atoms with E-state index in [1.165, 1.54) is 0 Å². The summed E-state index contributed by atoms with van der Waals surface area (Å²) in [6.45, 7) is 11.6. The molecule has 0 saturated carbocycles. The van der Waals surface area contributed by atoms with Gasteiger partial charge in [0.15, 0.2) is 0 Å². The smallest absolute Gasteiger partial charge is 0.145 e. The van der Waals surface area contributed by atoms with E-state index in [2.05, 4.69) is 33.0 Å². The summed E-state index contributed by atoms with van der Waals surface area (Å²) >= 11 is 1.81. The van der Waals surface area contributed by atoms with Crippen LogP contribution in [0.2, 0.25) is 0 Å². The van der Waals surface area contributed by atoms with Gasteiger partial charge in [-0.2, -0.15) is 0 Å². The van der Waals surface area contributed by atoms with Gasteiger partial charge in [0.05, 0.1) is 5.25 Å². The maximum absolute atomic E-state index is 11.7. The van der Waals surface area contributed by atoms with Crippen LogP contribution >= 0.6 is 11.8 Å².